The normalized spacial score (nSPS) is 19.7. The summed E-state index contributed by atoms with van der Waals surface area (Å²) in [5.74, 6) is 0.683. The predicted molar refractivity (Wildman–Crippen MR) is 73.6 cm³/mol. The first kappa shape index (κ1) is 15.4. The highest BCUT2D eigenvalue weighted by Crippen LogP contribution is 2.18. The molecule has 0 aromatic carbocycles. The van der Waals surface area contributed by atoms with Gasteiger partial charge in [0.2, 0.25) is 0 Å². The minimum absolute atomic E-state index is 0.0833. The van der Waals surface area contributed by atoms with Crippen molar-refractivity contribution in [1.82, 2.24) is 10.2 Å². The van der Waals surface area contributed by atoms with E-state index in [0.717, 1.165) is 32.1 Å². The Morgan fingerprint density at radius 3 is 2.61 bits per heavy atom. The molecule has 0 aromatic rings. The summed E-state index contributed by atoms with van der Waals surface area (Å²) in [6.07, 6.45) is 3.56. The van der Waals surface area contributed by atoms with Gasteiger partial charge in [-0.15, -0.1) is 0 Å². The van der Waals surface area contributed by atoms with Crippen molar-refractivity contribution in [3.8, 4) is 0 Å². The Morgan fingerprint density at radius 2 is 2.06 bits per heavy atom. The first-order chi connectivity index (χ1) is 8.69. The van der Waals surface area contributed by atoms with Crippen LogP contribution in [-0.4, -0.2) is 49.7 Å². The molecule has 4 nitrogen and oxygen atoms in total. The standard InChI is InChI=1S/C14H28N2O2/c1-4-8-15-11-13-6-9-16(10-7-13)12(3)14(17)18-5-2/h12-13,15H,4-11H2,1-3H3. The van der Waals surface area contributed by atoms with E-state index in [9.17, 15) is 4.79 Å². The fourth-order valence-corrected chi connectivity index (χ4v) is 2.44. The minimum Gasteiger partial charge on any atom is -0.465 e. The Bertz CT molecular complexity index is 238. The van der Waals surface area contributed by atoms with Crippen LogP contribution in [0.5, 0.6) is 0 Å². The number of rotatable bonds is 7. The third-order valence-corrected chi connectivity index (χ3v) is 3.68. The fourth-order valence-electron chi connectivity index (χ4n) is 2.44. The molecule has 0 bridgehead atoms. The molecule has 0 radical (unpaired) electrons. The van der Waals surface area contributed by atoms with Crippen LogP contribution in [0.2, 0.25) is 0 Å². The molecule has 1 rings (SSSR count). The van der Waals surface area contributed by atoms with Gasteiger partial charge < -0.3 is 10.1 Å². The van der Waals surface area contributed by atoms with Crippen LogP contribution < -0.4 is 5.32 Å². The maximum absolute atomic E-state index is 11.7. The quantitative estimate of drug-likeness (QED) is 0.555. The van der Waals surface area contributed by atoms with E-state index < -0.39 is 0 Å². The number of nitrogens with zero attached hydrogens (tertiary/aromatic N) is 1. The van der Waals surface area contributed by atoms with Gasteiger partial charge >= 0.3 is 5.97 Å². The van der Waals surface area contributed by atoms with Gasteiger partial charge in [0.25, 0.3) is 0 Å². The summed E-state index contributed by atoms with van der Waals surface area (Å²) in [7, 11) is 0. The van der Waals surface area contributed by atoms with Gasteiger partial charge in [0.15, 0.2) is 0 Å². The molecule has 0 saturated carbocycles. The van der Waals surface area contributed by atoms with E-state index in [1.807, 2.05) is 13.8 Å². The number of carbonyl (C=O) groups is 1. The van der Waals surface area contributed by atoms with Crippen molar-refractivity contribution >= 4 is 5.97 Å². The summed E-state index contributed by atoms with van der Waals surface area (Å²) in [4.78, 5) is 13.9. The smallest absolute Gasteiger partial charge is 0.323 e. The topological polar surface area (TPSA) is 41.6 Å². The lowest BCUT2D eigenvalue weighted by Crippen LogP contribution is -2.45. The van der Waals surface area contributed by atoms with Crippen LogP contribution in [0.1, 0.15) is 40.0 Å². The molecule has 1 aliphatic heterocycles. The summed E-state index contributed by atoms with van der Waals surface area (Å²) < 4.78 is 5.07. The second-order valence-electron chi connectivity index (χ2n) is 5.11. The lowest BCUT2D eigenvalue weighted by molar-refractivity contribution is -0.149. The molecule has 1 saturated heterocycles. The highest BCUT2D eigenvalue weighted by molar-refractivity contribution is 5.75. The van der Waals surface area contributed by atoms with E-state index in [2.05, 4.69) is 17.1 Å². The zero-order valence-electron chi connectivity index (χ0n) is 12.1. The number of hydrogen-bond acceptors (Lipinski definition) is 4. The molecular weight excluding hydrogens is 228 g/mol. The third-order valence-electron chi connectivity index (χ3n) is 3.68. The summed E-state index contributed by atoms with van der Waals surface area (Å²) in [5, 5.41) is 3.48. The minimum atomic E-state index is -0.0884. The largest absolute Gasteiger partial charge is 0.465 e. The molecule has 0 aliphatic carbocycles. The highest BCUT2D eigenvalue weighted by Gasteiger charge is 2.26. The number of hydrogen-bond donors (Lipinski definition) is 1. The molecule has 1 N–H and O–H groups in total. The van der Waals surface area contributed by atoms with Crippen molar-refractivity contribution in [2.75, 3.05) is 32.8 Å². The van der Waals surface area contributed by atoms with Crippen LogP contribution in [0.3, 0.4) is 0 Å². The van der Waals surface area contributed by atoms with Crippen molar-refractivity contribution in [3.63, 3.8) is 0 Å². The number of piperidine rings is 1. The van der Waals surface area contributed by atoms with E-state index >= 15 is 0 Å². The third kappa shape index (κ3) is 4.94. The van der Waals surface area contributed by atoms with Crippen molar-refractivity contribution in [3.05, 3.63) is 0 Å². The molecule has 1 atom stereocenters. The Morgan fingerprint density at radius 1 is 1.39 bits per heavy atom. The van der Waals surface area contributed by atoms with Gasteiger partial charge in [0, 0.05) is 0 Å². The molecular formula is C14H28N2O2. The van der Waals surface area contributed by atoms with Crippen LogP contribution in [0, 0.1) is 5.92 Å². The zero-order chi connectivity index (χ0) is 13.4. The predicted octanol–water partition coefficient (Wildman–Crippen LogP) is 1.65. The molecule has 1 fully saturated rings. The van der Waals surface area contributed by atoms with E-state index in [0.29, 0.717) is 6.61 Å². The molecule has 1 aliphatic rings. The molecule has 1 unspecified atom stereocenters. The van der Waals surface area contributed by atoms with Gasteiger partial charge in [-0.05, 0) is 65.2 Å². The second-order valence-corrected chi connectivity index (χ2v) is 5.11. The highest BCUT2D eigenvalue weighted by atomic mass is 16.5. The van der Waals surface area contributed by atoms with Crippen molar-refractivity contribution in [2.45, 2.75) is 46.1 Å². The Hall–Kier alpha value is -0.610. The average Bonchev–Trinajstić information content (AvgIpc) is 2.39. The van der Waals surface area contributed by atoms with Crippen LogP contribution >= 0.6 is 0 Å². The Labute approximate surface area is 111 Å². The monoisotopic (exact) mass is 256 g/mol. The number of ether oxygens (including phenoxy) is 1. The maximum atomic E-state index is 11.7. The second kappa shape index (κ2) is 8.48. The zero-order valence-corrected chi connectivity index (χ0v) is 12.1. The summed E-state index contributed by atoms with van der Waals surface area (Å²) >= 11 is 0. The van der Waals surface area contributed by atoms with Crippen molar-refractivity contribution < 1.29 is 9.53 Å². The summed E-state index contributed by atoms with van der Waals surface area (Å²) in [6.45, 7) is 10.7. The maximum Gasteiger partial charge on any atom is 0.323 e. The van der Waals surface area contributed by atoms with Crippen molar-refractivity contribution in [1.29, 1.82) is 0 Å². The Balaban J connectivity index is 2.23. The van der Waals surface area contributed by atoms with E-state index in [-0.39, 0.29) is 12.0 Å². The van der Waals surface area contributed by atoms with Gasteiger partial charge in [0.1, 0.15) is 6.04 Å². The van der Waals surface area contributed by atoms with Crippen LogP contribution in [0.4, 0.5) is 0 Å². The molecule has 0 aromatic heterocycles. The number of carbonyl (C=O) groups excluding carboxylic acids is 1. The van der Waals surface area contributed by atoms with Gasteiger partial charge in [0.05, 0.1) is 6.61 Å². The lowest BCUT2D eigenvalue weighted by Gasteiger charge is -2.34. The van der Waals surface area contributed by atoms with E-state index in [1.54, 1.807) is 0 Å². The van der Waals surface area contributed by atoms with Crippen LogP contribution in [0.15, 0.2) is 0 Å². The number of likely N-dealkylation sites (tertiary alicyclic amines) is 1. The fraction of sp³-hybridized carbons (Fsp3) is 0.929. The first-order valence-corrected chi connectivity index (χ1v) is 7.30. The van der Waals surface area contributed by atoms with E-state index in [1.165, 1.54) is 19.3 Å². The lowest BCUT2D eigenvalue weighted by atomic mass is 9.96. The SMILES string of the molecule is CCCNCC1CCN(C(C)C(=O)OCC)CC1. The van der Waals surface area contributed by atoms with Crippen LogP contribution in [0.25, 0.3) is 0 Å². The molecule has 0 amide bonds. The molecule has 4 heteroatoms. The van der Waals surface area contributed by atoms with Crippen LogP contribution in [-0.2, 0) is 9.53 Å². The van der Waals surface area contributed by atoms with Gasteiger partial charge in [-0.25, -0.2) is 0 Å². The van der Waals surface area contributed by atoms with Gasteiger partial charge in [-0.1, -0.05) is 6.92 Å². The Kier molecular flexibility index (Phi) is 7.28. The summed E-state index contributed by atoms with van der Waals surface area (Å²) in [6, 6.07) is -0.0884. The summed E-state index contributed by atoms with van der Waals surface area (Å²) in [5.41, 5.74) is 0. The van der Waals surface area contributed by atoms with E-state index in [4.69, 9.17) is 4.74 Å². The number of nitrogens with one attached hydrogen (secondary N) is 1. The molecule has 0 spiro atoms. The van der Waals surface area contributed by atoms with Gasteiger partial charge in [-0.3, -0.25) is 9.69 Å². The molecule has 1 heterocycles. The van der Waals surface area contributed by atoms with Gasteiger partial charge in [-0.2, -0.15) is 0 Å². The average molecular weight is 256 g/mol. The van der Waals surface area contributed by atoms with Crippen molar-refractivity contribution in [2.24, 2.45) is 5.92 Å². The molecule has 106 valence electrons. The first-order valence-electron chi connectivity index (χ1n) is 7.30. The number of esters is 1. The molecule has 18 heavy (non-hydrogen) atoms.